The van der Waals surface area contributed by atoms with Gasteiger partial charge < -0.3 is 61.6 Å². The number of rotatable bonds is 10. The Hall–Kier alpha value is 1.56. The molecule has 0 rings (SSSR count). The molecule has 0 saturated heterocycles. The van der Waals surface area contributed by atoms with E-state index in [4.69, 9.17) is 0 Å². The lowest BCUT2D eigenvalue weighted by Gasteiger charge is -2.01. The van der Waals surface area contributed by atoms with Gasteiger partial charge in [0.15, 0.2) is 0 Å². The molecule has 0 bridgehead atoms. The molecule has 0 radical (unpaired) electrons. The molecule has 0 fully saturated rings. The monoisotopic (exact) mass is 368 g/mol. The van der Waals surface area contributed by atoms with Crippen LogP contribution >= 0.6 is 37.0 Å². The SMILES string of the molecule is [NH4+].[NH4+].[NH4+].[NH4+].[PH-]CCCCCC[PH-].[PH-]CCCCCC[PH-]. The van der Waals surface area contributed by atoms with Crippen LogP contribution in [0, 0.1) is 0 Å². The highest BCUT2D eigenvalue weighted by Crippen LogP contribution is 2.03. The van der Waals surface area contributed by atoms with Gasteiger partial charge in [0.2, 0.25) is 0 Å². The quantitative estimate of drug-likeness (QED) is 0.229. The maximum atomic E-state index is 3.43. The lowest BCUT2D eigenvalue weighted by atomic mass is 10.2. The Labute approximate surface area is 138 Å². The van der Waals surface area contributed by atoms with E-state index in [9.17, 15) is 0 Å². The van der Waals surface area contributed by atoms with Gasteiger partial charge in [-0.25, -0.2) is 0 Å². The van der Waals surface area contributed by atoms with E-state index >= 15 is 0 Å². The van der Waals surface area contributed by atoms with Gasteiger partial charge in [-0.1, -0.05) is 51.4 Å². The van der Waals surface area contributed by atoms with E-state index in [0.717, 1.165) is 24.6 Å². The van der Waals surface area contributed by atoms with Crippen LogP contribution < -0.4 is 24.6 Å². The molecule has 0 aliphatic heterocycles. The Bertz CT molecular complexity index is 89.5. The lowest BCUT2D eigenvalue weighted by Crippen LogP contribution is -1.78. The summed E-state index contributed by atoms with van der Waals surface area (Å²) >= 11 is 0. The summed E-state index contributed by atoms with van der Waals surface area (Å²) in [7, 11) is 13.7. The van der Waals surface area contributed by atoms with Crippen molar-refractivity contribution >= 4 is 37.0 Å². The fraction of sp³-hybridized carbons (Fsp3) is 1.00. The van der Waals surface area contributed by atoms with E-state index in [1.807, 2.05) is 0 Å². The third-order valence-corrected chi connectivity index (χ3v) is 3.62. The molecule has 16 N–H and O–H groups in total. The fourth-order valence-corrected chi connectivity index (χ4v) is 2.21. The normalized spacial score (nSPS) is 7.80. The summed E-state index contributed by atoms with van der Waals surface area (Å²) in [5.74, 6) is 0. The third kappa shape index (κ3) is 50.4. The molecule has 4 nitrogen and oxygen atoms in total. The number of quaternary nitrogens is 4. The second-order valence-electron chi connectivity index (χ2n) is 3.83. The minimum Gasteiger partial charge on any atom is -0.558 e. The summed E-state index contributed by atoms with van der Waals surface area (Å²) < 4.78 is 0. The van der Waals surface area contributed by atoms with Crippen molar-refractivity contribution in [3.63, 3.8) is 0 Å². The predicted molar refractivity (Wildman–Crippen MR) is 114 cm³/mol. The van der Waals surface area contributed by atoms with Crippen molar-refractivity contribution < 1.29 is 0 Å². The van der Waals surface area contributed by atoms with E-state index in [-0.39, 0.29) is 24.6 Å². The molecule has 20 heavy (non-hydrogen) atoms. The number of hydrogen-bond donors (Lipinski definition) is 4. The molecular weight excluding hydrogens is 324 g/mol. The first-order chi connectivity index (χ1) is 7.83. The van der Waals surface area contributed by atoms with Gasteiger partial charge in [-0.05, 0) is 0 Å². The van der Waals surface area contributed by atoms with E-state index in [1.165, 1.54) is 51.4 Å². The molecule has 0 aliphatic rings. The van der Waals surface area contributed by atoms with E-state index in [1.54, 1.807) is 0 Å². The molecule has 0 aromatic heterocycles. The Kier molecular flexibility index (Phi) is 80.5. The van der Waals surface area contributed by atoms with Crippen LogP contribution in [0.5, 0.6) is 0 Å². The van der Waals surface area contributed by atoms with Crippen molar-refractivity contribution in [1.29, 1.82) is 0 Å². The van der Waals surface area contributed by atoms with Crippen LogP contribution in [0.1, 0.15) is 51.4 Å². The van der Waals surface area contributed by atoms with E-state index in [2.05, 4.69) is 37.0 Å². The van der Waals surface area contributed by atoms with Crippen LogP contribution in [0.15, 0.2) is 0 Å². The van der Waals surface area contributed by atoms with Gasteiger partial charge in [0.1, 0.15) is 0 Å². The minimum atomic E-state index is 0. The minimum absolute atomic E-state index is 0. The summed E-state index contributed by atoms with van der Waals surface area (Å²) in [6.07, 6.45) is 15.4. The molecule has 0 heterocycles. The van der Waals surface area contributed by atoms with Gasteiger partial charge in [0.05, 0.1) is 0 Å². The van der Waals surface area contributed by atoms with Crippen molar-refractivity contribution in [3.8, 4) is 0 Å². The molecule has 132 valence electrons. The summed E-state index contributed by atoms with van der Waals surface area (Å²) in [5, 5.41) is 0. The standard InChI is InChI=1S/2C6H14P2.4H3N/c2*7-5-3-1-2-4-6-8;;;;/h2*7-8H,1-6H2;4*1H3/q2*-2;;;;/p+4. The van der Waals surface area contributed by atoms with Crippen LogP contribution in [-0.2, 0) is 0 Å². The molecule has 0 amide bonds. The Morgan fingerprint density at radius 3 is 0.550 bits per heavy atom. The fourth-order valence-electron chi connectivity index (χ4n) is 1.21. The highest BCUT2D eigenvalue weighted by molar-refractivity contribution is 7.16. The molecule has 0 aliphatic carbocycles. The first kappa shape index (κ1) is 37.6. The zero-order valence-electron chi connectivity index (χ0n) is 14.5. The topological polar surface area (TPSA) is 146 Å². The van der Waals surface area contributed by atoms with Crippen LogP contribution in [0.3, 0.4) is 0 Å². The zero-order valence-corrected chi connectivity index (χ0v) is 18.5. The van der Waals surface area contributed by atoms with Gasteiger partial charge in [-0.3, -0.25) is 0 Å². The molecule has 0 saturated carbocycles. The van der Waals surface area contributed by atoms with Crippen molar-refractivity contribution in [2.45, 2.75) is 51.4 Å². The summed E-state index contributed by atoms with van der Waals surface area (Å²) in [5.41, 5.74) is 0. The molecule has 0 aromatic rings. The largest absolute Gasteiger partial charge is 0.558 e. The maximum absolute atomic E-state index is 3.43. The summed E-state index contributed by atoms with van der Waals surface area (Å²) in [6.45, 7) is 0. The highest BCUT2D eigenvalue weighted by Gasteiger charge is 1.79. The van der Waals surface area contributed by atoms with Crippen LogP contribution in [0.4, 0.5) is 0 Å². The van der Waals surface area contributed by atoms with Crippen LogP contribution in [0.25, 0.3) is 0 Å². The van der Waals surface area contributed by atoms with E-state index in [0.29, 0.717) is 0 Å². The second-order valence-corrected chi connectivity index (χ2v) is 5.83. The molecular formula is C12H44N4P4. The molecule has 0 unspecified atom stereocenters. The average molecular weight is 368 g/mol. The second kappa shape index (κ2) is 42.8. The third-order valence-electron chi connectivity index (χ3n) is 2.21. The zero-order chi connectivity index (χ0) is 12.5. The Morgan fingerprint density at radius 1 is 0.300 bits per heavy atom. The first-order valence-corrected chi connectivity index (χ1v) is 9.24. The van der Waals surface area contributed by atoms with E-state index < -0.39 is 0 Å². The molecule has 0 aromatic carbocycles. The molecule has 0 atom stereocenters. The number of hydrogen-bond acceptors (Lipinski definition) is 0. The van der Waals surface area contributed by atoms with Crippen LogP contribution in [0.2, 0.25) is 0 Å². The van der Waals surface area contributed by atoms with Gasteiger partial charge >= 0.3 is 0 Å². The predicted octanol–water partition coefficient (Wildman–Crippen LogP) is 7.17. The Balaban J connectivity index is -0.0000000408. The Morgan fingerprint density at radius 2 is 0.450 bits per heavy atom. The van der Waals surface area contributed by atoms with Gasteiger partial charge in [-0.2, -0.15) is 24.6 Å². The highest BCUT2D eigenvalue weighted by atomic mass is 31.0. The summed E-state index contributed by atoms with van der Waals surface area (Å²) in [6, 6.07) is 0. The lowest BCUT2D eigenvalue weighted by molar-refractivity contribution is 0.711. The van der Waals surface area contributed by atoms with Gasteiger partial charge in [0, 0.05) is 0 Å². The average Bonchev–Trinajstić information content (AvgIpc) is 2.31. The first-order valence-electron chi connectivity index (χ1n) is 6.41. The van der Waals surface area contributed by atoms with Crippen molar-refractivity contribution in [1.82, 2.24) is 24.6 Å². The van der Waals surface area contributed by atoms with Gasteiger partial charge in [-0.15, -0.1) is 0 Å². The van der Waals surface area contributed by atoms with Crippen LogP contribution in [-0.4, -0.2) is 24.6 Å². The summed E-state index contributed by atoms with van der Waals surface area (Å²) in [4.78, 5) is 0. The van der Waals surface area contributed by atoms with Gasteiger partial charge in [0.25, 0.3) is 0 Å². The molecule has 8 heteroatoms. The maximum Gasteiger partial charge on any atom is -0.0557 e. The van der Waals surface area contributed by atoms with Crippen molar-refractivity contribution in [2.75, 3.05) is 24.6 Å². The molecule has 0 spiro atoms. The van der Waals surface area contributed by atoms with Crippen molar-refractivity contribution in [2.24, 2.45) is 0 Å². The number of unbranched alkanes of at least 4 members (excludes halogenated alkanes) is 6. The smallest absolute Gasteiger partial charge is 0.0557 e. The van der Waals surface area contributed by atoms with Crippen molar-refractivity contribution in [3.05, 3.63) is 0 Å².